The maximum atomic E-state index is 14.5. The number of hydrogen-bond acceptors (Lipinski definition) is 5. The standard InChI is InChI=1S/C26H24FN5O2S/c1-31(2)25(34)19-12-14-20(15-13-19)28-23(33)17-35-26-30-29-24(21-10-6-7-11-22(21)27)32(26)16-18-8-4-3-5-9-18/h3-15H,16-17H2,1-2H3,(H,28,33). The molecule has 0 unspecified atom stereocenters. The van der Waals surface area contributed by atoms with E-state index in [0.717, 1.165) is 5.56 Å². The lowest BCUT2D eigenvalue weighted by atomic mass is 10.2. The van der Waals surface area contributed by atoms with Crippen LogP contribution in [0, 0.1) is 5.82 Å². The Bertz CT molecular complexity index is 1320. The number of carbonyl (C=O) groups is 2. The van der Waals surface area contributed by atoms with Gasteiger partial charge in [0.05, 0.1) is 17.9 Å². The third-order valence-corrected chi connectivity index (χ3v) is 6.14. The predicted molar refractivity (Wildman–Crippen MR) is 135 cm³/mol. The van der Waals surface area contributed by atoms with E-state index in [0.29, 0.717) is 34.3 Å². The lowest BCUT2D eigenvalue weighted by molar-refractivity contribution is -0.113. The maximum absolute atomic E-state index is 14.5. The van der Waals surface area contributed by atoms with E-state index < -0.39 is 0 Å². The number of carbonyl (C=O) groups excluding carboxylic acids is 2. The maximum Gasteiger partial charge on any atom is 0.253 e. The minimum Gasteiger partial charge on any atom is -0.345 e. The Labute approximate surface area is 207 Å². The van der Waals surface area contributed by atoms with Crippen molar-refractivity contribution in [2.45, 2.75) is 11.7 Å². The van der Waals surface area contributed by atoms with Crippen molar-refractivity contribution in [2.75, 3.05) is 25.2 Å². The molecule has 35 heavy (non-hydrogen) atoms. The van der Waals surface area contributed by atoms with E-state index in [1.54, 1.807) is 56.6 Å². The molecule has 1 N–H and O–H groups in total. The topological polar surface area (TPSA) is 80.1 Å². The minimum absolute atomic E-state index is 0.0859. The predicted octanol–water partition coefficient (Wildman–Crippen LogP) is 4.57. The van der Waals surface area contributed by atoms with Gasteiger partial charge >= 0.3 is 0 Å². The van der Waals surface area contributed by atoms with Gasteiger partial charge in [0.25, 0.3) is 5.91 Å². The number of amides is 2. The lowest BCUT2D eigenvalue weighted by Crippen LogP contribution is -2.21. The van der Waals surface area contributed by atoms with Crippen LogP contribution < -0.4 is 5.32 Å². The van der Waals surface area contributed by atoms with Crippen molar-refractivity contribution in [3.63, 3.8) is 0 Å². The van der Waals surface area contributed by atoms with Crippen LogP contribution in [-0.4, -0.2) is 51.3 Å². The molecule has 0 saturated carbocycles. The zero-order valence-electron chi connectivity index (χ0n) is 19.3. The van der Waals surface area contributed by atoms with Crippen LogP contribution in [-0.2, 0) is 11.3 Å². The molecule has 7 nitrogen and oxygen atoms in total. The van der Waals surface area contributed by atoms with Gasteiger partial charge in [-0.25, -0.2) is 4.39 Å². The normalized spacial score (nSPS) is 10.7. The minimum atomic E-state index is -0.389. The molecule has 1 aromatic heterocycles. The van der Waals surface area contributed by atoms with Gasteiger partial charge in [0.1, 0.15) is 5.82 Å². The molecule has 2 amide bonds. The van der Waals surface area contributed by atoms with E-state index in [1.807, 2.05) is 34.9 Å². The molecule has 0 saturated heterocycles. The number of hydrogen-bond donors (Lipinski definition) is 1. The molecule has 4 aromatic rings. The summed E-state index contributed by atoms with van der Waals surface area (Å²) in [5.74, 6) is -0.247. The second kappa shape index (κ2) is 11.0. The fourth-order valence-corrected chi connectivity index (χ4v) is 4.17. The Hall–Kier alpha value is -3.98. The van der Waals surface area contributed by atoms with Crippen LogP contribution in [0.25, 0.3) is 11.4 Å². The second-order valence-electron chi connectivity index (χ2n) is 7.97. The Balaban J connectivity index is 1.49. The Morgan fingerprint density at radius 3 is 2.31 bits per heavy atom. The Kier molecular flexibility index (Phi) is 7.57. The molecular weight excluding hydrogens is 465 g/mol. The number of aromatic nitrogens is 3. The van der Waals surface area contributed by atoms with Crippen molar-refractivity contribution in [3.8, 4) is 11.4 Å². The van der Waals surface area contributed by atoms with E-state index in [4.69, 9.17) is 0 Å². The zero-order valence-corrected chi connectivity index (χ0v) is 20.1. The molecule has 0 aliphatic rings. The molecule has 1 heterocycles. The molecule has 0 spiro atoms. The van der Waals surface area contributed by atoms with Crippen LogP contribution in [0.1, 0.15) is 15.9 Å². The zero-order chi connectivity index (χ0) is 24.8. The van der Waals surface area contributed by atoms with Crippen molar-refractivity contribution in [2.24, 2.45) is 0 Å². The summed E-state index contributed by atoms with van der Waals surface area (Å²) in [6.45, 7) is 0.433. The van der Waals surface area contributed by atoms with E-state index >= 15 is 0 Å². The van der Waals surface area contributed by atoms with Gasteiger partial charge in [0.15, 0.2) is 11.0 Å². The molecule has 0 aliphatic heterocycles. The third-order valence-electron chi connectivity index (χ3n) is 5.17. The molecule has 0 fully saturated rings. The van der Waals surface area contributed by atoms with E-state index in [9.17, 15) is 14.0 Å². The summed E-state index contributed by atoms with van der Waals surface area (Å²) in [5, 5.41) is 11.8. The lowest BCUT2D eigenvalue weighted by Gasteiger charge is -2.12. The first-order valence-corrected chi connectivity index (χ1v) is 11.9. The van der Waals surface area contributed by atoms with Crippen LogP contribution in [0.5, 0.6) is 0 Å². The van der Waals surface area contributed by atoms with Crippen molar-refractivity contribution in [3.05, 3.63) is 95.8 Å². The van der Waals surface area contributed by atoms with Crippen LogP contribution in [0.4, 0.5) is 10.1 Å². The van der Waals surface area contributed by atoms with Crippen molar-refractivity contribution < 1.29 is 14.0 Å². The second-order valence-corrected chi connectivity index (χ2v) is 8.91. The molecule has 178 valence electrons. The highest BCUT2D eigenvalue weighted by atomic mass is 32.2. The summed E-state index contributed by atoms with van der Waals surface area (Å²) in [6.07, 6.45) is 0. The molecule has 0 radical (unpaired) electrons. The van der Waals surface area contributed by atoms with Gasteiger partial charge in [-0.05, 0) is 42.0 Å². The van der Waals surface area contributed by atoms with Gasteiger partial charge in [0.2, 0.25) is 5.91 Å². The smallest absolute Gasteiger partial charge is 0.253 e. The summed E-state index contributed by atoms with van der Waals surface area (Å²) >= 11 is 1.22. The number of thioether (sulfide) groups is 1. The molecule has 0 aliphatic carbocycles. The number of halogens is 1. The number of anilines is 1. The quantitative estimate of drug-likeness (QED) is 0.367. The number of benzene rings is 3. The molecule has 4 rings (SSSR count). The highest BCUT2D eigenvalue weighted by Gasteiger charge is 2.18. The summed E-state index contributed by atoms with van der Waals surface area (Å²) in [7, 11) is 3.37. The van der Waals surface area contributed by atoms with Gasteiger partial charge in [0, 0.05) is 25.3 Å². The average molecular weight is 490 g/mol. The van der Waals surface area contributed by atoms with Crippen LogP contribution in [0.3, 0.4) is 0 Å². The van der Waals surface area contributed by atoms with Crippen molar-refractivity contribution in [1.82, 2.24) is 19.7 Å². The molecular formula is C26H24FN5O2S. The summed E-state index contributed by atoms with van der Waals surface area (Å²) in [5.41, 5.74) is 2.48. The molecule has 3 aromatic carbocycles. The average Bonchev–Trinajstić information content (AvgIpc) is 3.25. The van der Waals surface area contributed by atoms with Crippen LogP contribution in [0.2, 0.25) is 0 Å². The number of nitrogens with one attached hydrogen (secondary N) is 1. The molecule has 9 heteroatoms. The number of nitrogens with zero attached hydrogens (tertiary/aromatic N) is 4. The van der Waals surface area contributed by atoms with Gasteiger partial charge in [-0.2, -0.15) is 0 Å². The van der Waals surface area contributed by atoms with Gasteiger partial charge in [-0.15, -0.1) is 10.2 Å². The monoisotopic (exact) mass is 489 g/mol. The van der Waals surface area contributed by atoms with Crippen molar-refractivity contribution >= 4 is 29.3 Å². The van der Waals surface area contributed by atoms with Gasteiger partial charge < -0.3 is 10.2 Å². The third kappa shape index (κ3) is 5.93. The Morgan fingerprint density at radius 1 is 0.943 bits per heavy atom. The molecule has 0 bridgehead atoms. The first kappa shape index (κ1) is 24.2. The SMILES string of the molecule is CN(C)C(=O)c1ccc(NC(=O)CSc2nnc(-c3ccccc3F)n2Cc2ccccc2)cc1. The summed E-state index contributed by atoms with van der Waals surface area (Å²) < 4.78 is 16.3. The fourth-order valence-electron chi connectivity index (χ4n) is 3.43. The highest BCUT2D eigenvalue weighted by molar-refractivity contribution is 7.99. The summed E-state index contributed by atoms with van der Waals surface area (Å²) in [4.78, 5) is 26.1. The molecule has 0 atom stereocenters. The van der Waals surface area contributed by atoms with Crippen molar-refractivity contribution in [1.29, 1.82) is 0 Å². The number of rotatable bonds is 8. The fraction of sp³-hybridized carbons (Fsp3) is 0.154. The first-order valence-electron chi connectivity index (χ1n) is 10.9. The van der Waals surface area contributed by atoms with Gasteiger partial charge in [-0.3, -0.25) is 14.2 Å². The van der Waals surface area contributed by atoms with E-state index in [-0.39, 0.29) is 23.4 Å². The van der Waals surface area contributed by atoms with E-state index in [1.165, 1.54) is 22.7 Å². The van der Waals surface area contributed by atoms with Crippen LogP contribution in [0.15, 0.2) is 84.0 Å². The van der Waals surface area contributed by atoms with E-state index in [2.05, 4.69) is 15.5 Å². The summed E-state index contributed by atoms with van der Waals surface area (Å²) in [6, 6.07) is 22.9. The Morgan fingerprint density at radius 2 is 1.63 bits per heavy atom. The largest absolute Gasteiger partial charge is 0.345 e. The highest BCUT2D eigenvalue weighted by Crippen LogP contribution is 2.27. The van der Waals surface area contributed by atoms with Gasteiger partial charge in [-0.1, -0.05) is 54.2 Å². The first-order chi connectivity index (χ1) is 16.9. The van der Waals surface area contributed by atoms with Crippen LogP contribution >= 0.6 is 11.8 Å².